The van der Waals surface area contributed by atoms with Crippen molar-refractivity contribution in [1.82, 2.24) is 30.1 Å². The van der Waals surface area contributed by atoms with Gasteiger partial charge in [-0.25, -0.2) is 18.0 Å². The van der Waals surface area contributed by atoms with E-state index in [1.165, 1.54) is 16.9 Å². The van der Waals surface area contributed by atoms with E-state index in [0.29, 0.717) is 51.6 Å². The minimum atomic E-state index is -3.91. The maximum Gasteiger partial charge on any atom is 0.410 e. The van der Waals surface area contributed by atoms with Gasteiger partial charge in [0.1, 0.15) is 29.8 Å². The third kappa shape index (κ3) is 9.58. The molecule has 8 rings (SSSR count). The fourth-order valence-electron chi connectivity index (χ4n) is 9.85. The summed E-state index contributed by atoms with van der Waals surface area (Å²) >= 11 is 0. The van der Waals surface area contributed by atoms with Gasteiger partial charge in [-0.05, 0) is 108 Å². The van der Waals surface area contributed by atoms with Crippen molar-refractivity contribution < 1.29 is 41.9 Å². The van der Waals surface area contributed by atoms with E-state index in [1.54, 1.807) is 4.90 Å². The summed E-state index contributed by atoms with van der Waals surface area (Å²) in [6.45, 7) is 2.96. The zero-order valence-electron chi connectivity index (χ0n) is 34.0. The number of carbonyl (C=O) groups is 5. The van der Waals surface area contributed by atoms with Gasteiger partial charge in [0, 0.05) is 25.4 Å². The van der Waals surface area contributed by atoms with E-state index in [4.69, 9.17) is 9.47 Å². The number of sulfonamides is 1. The summed E-state index contributed by atoms with van der Waals surface area (Å²) in [5.74, 6) is -2.39. The highest BCUT2D eigenvalue weighted by Crippen LogP contribution is 2.46. The smallest absolute Gasteiger partial charge is 0.410 e. The Morgan fingerprint density at radius 3 is 2.39 bits per heavy atom. The Balaban J connectivity index is 1.04. The van der Waals surface area contributed by atoms with Crippen molar-refractivity contribution >= 4 is 39.9 Å². The normalized spacial score (nSPS) is 31.4. The molecule has 0 aromatic heterocycles. The molecule has 0 spiro atoms. The minimum Gasteiger partial charge on any atom is -0.446 e. The second-order valence-corrected chi connectivity index (χ2v) is 19.7. The highest BCUT2D eigenvalue weighted by Gasteiger charge is 2.62. The molecule has 4 heterocycles. The van der Waals surface area contributed by atoms with Gasteiger partial charge in [-0.3, -0.25) is 24.0 Å². The molecule has 3 aliphatic carbocycles. The molecule has 3 saturated carbocycles. The molecule has 6 atom stereocenters. The fraction of sp³-hybridized carbons (Fsp3) is 0.698. The summed E-state index contributed by atoms with van der Waals surface area (Å²) in [7, 11) is -3.91. The Morgan fingerprint density at radius 1 is 0.864 bits per heavy atom. The molecule has 15 nitrogen and oxygen atoms in total. The molecule has 16 heteroatoms. The molecule has 59 heavy (non-hydrogen) atoms. The Hall–Kier alpha value is -4.18. The topological polar surface area (TPSA) is 184 Å². The molecule has 0 radical (unpaired) electrons. The number of hydrogen-bond donors (Lipinski definition) is 3. The van der Waals surface area contributed by atoms with Crippen molar-refractivity contribution in [3.05, 3.63) is 47.5 Å². The van der Waals surface area contributed by atoms with Gasteiger partial charge in [-0.1, -0.05) is 55.7 Å². The number of alkyl carbamates (subject to hydrolysis) is 1. The Kier molecular flexibility index (Phi) is 12.5. The SMILES string of the molecule is O=C(N[C@H]1CCCCC/C=C\[C@H]2C[C@@]2(C(=O)NS(=O)(=O)C2CC2)NC(=O)C2C[C@@H](OC(=O)N3CCc4ccccc4C3CN3CCCCC3)CN2C1=O)OC1CCCC1. The predicted molar refractivity (Wildman–Crippen MR) is 217 cm³/mol. The first-order valence-corrected chi connectivity index (χ1v) is 23.6. The third-order valence-electron chi connectivity index (χ3n) is 13.5. The molecule has 7 aliphatic rings. The maximum atomic E-state index is 14.7. The number of nitrogens with zero attached hydrogens (tertiary/aromatic N) is 3. The van der Waals surface area contributed by atoms with E-state index in [-0.39, 0.29) is 31.5 Å². The van der Waals surface area contributed by atoms with Crippen LogP contribution in [0, 0.1) is 5.92 Å². The van der Waals surface area contributed by atoms with Crippen LogP contribution in [-0.4, -0.2) is 121 Å². The number of ether oxygens (including phenoxy) is 2. The molecule has 2 saturated heterocycles. The van der Waals surface area contributed by atoms with Gasteiger partial charge in [-0.15, -0.1) is 0 Å². The highest BCUT2D eigenvalue weighted by atomic mass is 32.2. The van der Waals surface area contributed by atoms with E-state index in [0.717, 1.165) is 70.0 Å². The van der Waals surface area contributed by atoms with Crippen LogP contribution in [0.3, 0.4) is 0 Å². The van der Waals surface area contributed by atoms with Crippen molar-refractivity contribution in [3.63, 3.8) is 0 Å². The minimum absolute atomic E-state index is 0.0393. The zero-order chi connectivity index (χ0) is 41.1. The molecule has 5 fully saturated rings. The summed E-state index contributed by atoms with van der Waals surface area (Å²) in [6.07, 6.45) is 13.4. The number of benzene rings is 1. The Bertz CT molecular complexity index is 1890. The summed E-state index contributed by atoms with van der Waals surface area (Å²) in [5.41, 5.74) is 0.771. The summed E-state index contributed by atoms with van der Waals surface area (Å²) < 4.78 is 40.0. The van der Waals surface area contributed by atoms with Gasteiger partial charge in [0.25, 0.3) is 5.91 Å². The number of likely N-dealkylation sites (tertiary alicyclic amines) is 1. The van der Waals surface area contributed by atoms with Crippen LogP contribution in [0.25, 0.3) is 0 Å². The number of fused-ring (bicyclic) bond motifs is 3. The average Bonchev–Trinajstić information content (AvgIpc) is 4.10. The first-order valence-electron chi connectivity index (χ1n) is 22.1. The second-order valence-electron chi connectivity index (χ2n) is 17.8. The molecule has 3 N–H and O–H groups in total. The lowest BCUT2D eigenvalue weighted by Crippen LogP contribution is -2.58. The lowest BCUT2D eigenvalue weighted by Gasteiger charge is -2.40. The van der Waals surface area contributed by atoms with Gasteiger partial charge in [0.15, 0.2) is 0 Å². The van der Waals surface area contributed by atoms with Crippen LogP contribution in [-0.2, 0) is 40.3 Å². The molecular weight excluding hydrogens is 777 g/mol. The molecule has 4 aliphatic heterocycles. The van der Waals surface area contributed by atoms with Crippen molar-refractivity contribution in [2.45, 2.75) is 150 Å². The van der Waals surface area contributed by atoms with E-state index < -0.39 is 74.8 Å². The van der Waals surface area contributed by atoms with Crippen LogP contribution in [0.15, 0.2) is 36.4 Å². The maximum absolute atomic E-state index is 14.7. The van der Waals surface area contributed by atoms with Crippen LogP contribution in [0.4, 0.5) is 9.59 Å². The molecular formula is C43H60N6O9S. The van der Waals surface area contributed by atoms with Crippen molar-refractivity contribution in [2.24, 2.45) is 5.92 Å². The third-order valence-corrected chi connectivity index (χ3v) is 15.3. The molecule has 322 valence electrons. The van der Waals surface area contributed by atoms with Crippen molar-refractivity contribution in [2.75, 3.05) is 32.7 Å². The number of hydrogen-bond acceptors (Lipinski definition) is 10. The van der Waals surface area contributed by atoms with E-state index >= 15 is 0 Å². The molecule has 0 bridgehead atoms. The largest absolute Gasteiger partial charge is 0.446 e. The molecule has 5 amide bonds. The number of amides is 5. The number of carbonyl (C=O) groups excluding carboxylic acids is 5. The number of allylic oxidation sites excluding steroid dienone is 1. The predicted octanol–water partition coefficient (Wildman–Crippen LogP) is 4.22. The van der Waals surface area contributed by atoms with Gasteiger partial charge in [0.05, 0.1) is 17.8 Å². The van der Waals surface area contributed by atoms with Crippen molar-refractivity contribution in [1.29, 1.82) is 0 Å². The molecule has 1 aromatic rings. The first kappa shape index (κ1) is 41.5. The van der Waals surface area contributed by atoms with Crippen LogP contribution < -0.4 is 15.4 Å². The van der Waals surface area contributed by atoms with Crippen LogP contribution >= 0.6 is 0 Å². The second kappa shape index (κ2) is 17.8. The van der Waals surface area contributed by atoms with Gasteiger partial charge < -0.3 is 29.9 Å². The quantitative estimate of drug-likeness (QED) is 0.321. The number of rotatable bonds is 8. The standard InChI is InChI=1S/C43H60N6O9S/c50-38-36-25-32(58-42(54)48-24-21-29-13-7-10-17-34(29)37(48)28-47-22-11-4-12-23-47)27-49(36)39(51)35(44-41(53)57-31-15-8-9-16-31)18-6-3-1-2-5-14-30-26-43(30,45-38)40(52)46-59(55,56)33-19-20-33/h5,7,10,13-14,17,30-33,35-37H,1-4,6,8-9,11-12,15-16,18-28H2,(H,44,53)(H,45,50)(H,46,52)/b14-5-/t30-,32+,35-,36?,37?,43+/m0/s1. The molecule has 2 unspecified atom stereocenters. The summed E-state index contributed by atoms with van der Waals surface area (Å²) in [6, 6.07) is 5.79. The van der Waals surface area contributed by atoms with Crippen LogP contribution in [0.1, 0.15) is 120 Å². The summed E-state index contributed by atoms with van der Waals surface area (Å²) in [4.78, 5) is 76.0. The fourth-order valence-corrected chi connectivity index (χ4v) is 11.2. The number of piperidine rings is 1. The Morgan fingerprint density at radius 2 is 1.61 bits per heavy atom. The lowest BCUT2D eigenvalue weighted by atomic mass is 9.92. The number of nitrogens with one attached hydrogen (secondary N) is 3. The van der Waals surface area contributed by atoms with E-state index in [1.807, 2.05) is 24.3 Å². The van der Waals surface area contributed by atoms with Gasteiger partial charge in [-0.2, -0.15) is 0 Å². The van der Waals surface area contributed by atoms with Gasteiger partial charge in [0.2, 0.25) is 21.8 Å². The Labute approximate surface area is 347 Å². The highest BCUT2D eigenvalue weighted by molar-refractivity contribution is 7.91. The first-order chi connectivity index (χ1) is 28.5. The van der Waals surface area contributed by atoms with E-state index in [2.05, 4.69) is 32.4 Å². The monoisotopic (exact) mass is 836 g/mol. The average molecular weight is 837 g/mol. The summed E-state index contributed by atoms with van der Waals surface area (Å²) in [5, 5.41) is 5.06. The van der Waals surface area contributed by atoms with Gasteiger partial charge >= 0.3 is 12.2 Å². The zero-order valence-corrected chi connectivity index (χ0v) is 34.8. The van der Waals surface area contributed by atoms with E-state index in [9.17, 15) is 32.4 Å². The van der Waals surface area contributed by atoms with Crippen molar-refractivity contribution in [3.8, 4) is 0 Å². The van der Waals surface area contributed by atoms with Crippen LogP contribution in [0.2, 0.25) is 0 Å². The molecule has 1 aromatic carbocycles. The van der Waals surface area contributed by atoms with Crippen LogP contribution in [0.5, 0.6) is 0 Å². The lowest BCUT2D eigenvalue weighted by molar-refractivity contribution is -0.141.